The average Bonchev–Trinajstić information content (AvgIpc) is 2.81. The molecule has 7 nitrogen and oxygen atoms in total. The average molecular weight is 529 g/mol. The maximum absolute atomic E-state index is 12.5. The molecule has 0 heterocycles. The molecule has 33 heavy (non-hydrogen) atoms. The molecule has 0 radical (unpaired) electrons. The summed E-state index contributed by atoms with van der Waals surface area (Å²) >= 11 is 9.39. The van der Waals surface area contributed by atoms with Gasteiger partial charge in [0.1, 0.15) is 5.75 Å². The fraction of sp³-hybridized carbons (Fsp3) is 0.0833. The monoisotopic (exact) mass is 527 g/mol. The minimum atomic E-state index is -0.949. The van der Waals surface area contributed by atoms with Gasteiger partial charge in [-0.3, -0.25) is 9.59 Å². The number of anilines is 1. The van der Waals surface area contributed by atoms with Crippen molar-refractivity contribution < 1.29 is 19.1 Å². The van der Waals surface area contributed by atoms with Crippen LogP contribution in [-0.4, -0.2) is 24.0 Å². The summed E-state index contributed by atoms with van der Waals surface area (Å²) in [5.41, 5.74) is 4.37. The lowest BCUT2D eigenvalue weighted by Gasteiger charge is -2.09. The molecule has 0 saturated heterocycles. The highest BCUT2D eigenvalue weighted by atomic mass is 79.9. The molecule has 0 aromatic heterocycles. The number of hydrazone groups is 1. The Morgan fingerprint density at radius 2 is 1.76 bits per heavy atom. The fourth-order valence-electron chi connectivity index (χ4n) is 2.72. The molecule has 0 aliphatic rings. The van der Waals surface area contributed by atoms with Gasteiger partial charge in [0.05, 0.1) is 16.8 Å². The number of halogens is 2. The molecule has 9 heteroatoms. The van der Waals surface area contributed by atoms with E-state index in [4.69, 9.17) is 16.3 Å². The van der Waals surface area contributed by atoms with E-state index in [0.29, 0.717) is 15.7 Å². The normalized spacial score (nSPS) is 10.6. The number of hydrogen-bond acceptors (Lipinski definition) is 5. The Hall–Kier alpha value is -3.49. The van der Waals surface area contributed by atoms with E-state index in [9.17, 15) is 14.4 Å². The molecule has 0 atom stereocenters. The third kappa shape index (κ3) is 6.74. The van der Waals surface area contributed by atoms with E-state index in [1.165, 1.54) is 6.21 Å². The standard InChI is InChI=1S/C24H19BrClN3O4/c1-2-15-7-10-18(11-8-15)28-22(30)23(31)29-27-14-16-13-17(25)9-12-21(16)33-24(32)19-5-3-4-6-20(19)26/h3-14H,2H2,1H3,(H,28,30)(H,29,31)/b27-14-. The molecular formula is C24H19BrClN3O4. The van der Waals surface area contributed by atoms with Crippen LogP contribution in [0.2, 0.25) is 5.02 Å². The molecule has 168 valence electrons. The molecule has 0 fully saturated rings. The molecule has 3 aromatic rings. The quantitative estimate of drug-likeness (QED) is 0.155. The molecule has 0 spiro atoms. The van der Waals surface area contributed by atoms with Gasteiger partial charge in [0, 0.05) is 15.7 Å². The smallest absolute Gasteiger partial charge is 0.345 e. The third-order valence-corrected chi connectivity index (χ3v) is 5.29. The van der Waals surface area contributed by atoms with Gasteiger partial charge in [-0.2, -0.15) is 5.10 Å². The summed E-state index contributed by atoms with van der Waals surface area (Å²) in [4.78, 5) is 36.6. The molecule has 2 N–H and O–H groups in total. The number of nitrogens with zero attached hydrogens (tertiary/aromatic N) is 1. The number of carbonyl (C=O) groups excluding carboxylic acids is 3. The van der Waals surface area contributed by atoms with Gasteiger partial charge in [-0.25, -0.2) is 10.2 Å². The maximum Gasteiger partial charge on any atom is 0.345 e. The predicted octanol–water partition coefficient (Wildman–Crippen LogP) is 4.97. The van der Waals surface area contributed by atoms with Crippen LogP contribution in [0.4, 0.5) is 5.69 Å². The van der Waals surface area contributed by atoms with Gasteiger partial charge in [0.25, 0.3) is 0 Å². The zero-order chi connectivity index (χ0) is 23.8. The van der Waals surface area contributed by atoms with Crippen molar-refractivity contribution in [2.45, 2.75) is 13.3 Å². The fourth-order valence-corrected chi connectivity index (χ4v) is 3.31. The number of carbonyl (C=O) groups is 3. The Morgan fingerprint density at radius 3 is 2.45 bits per heavy atom. The first kappa shape index (κ1) is 24.2. The third-order valence-electron chi connectivity index (χ3n) is 4.46. The first-order valence-electron chi connectivity index (χ1n) is 9.87. The summed E-state index contributed by atoms with van der Waals surface area (Å²) in [6.07, 6.45) is 2.13. The number of benzene rings is 3. The predicted molar refractivity (Wildman–Crippen MR) is 131 cm³/mol. The number of amides is 2. The lowest BCUT2D eigenvalue weighted by molar-refractivity contribution is -0.136. The molecule has 3 aromatic carbocycles. The molecular weight excluding hydrogens is 510 g/mol. The lowest BCUT2D eigenvalue weighted by atomic mass is 10.1. The van der Waals surface area contributed by atoms with Crippen LogP contribution in [0.1, 0.15) is 28.4 Å². The zero-order valence-electron chi connectivity index (χ0n) is 17.5. The van der Waals surface area contributed by atoms with Crippen molar-refractivity contribution in [3.63, 3.8) is 0 Å². The van der Waals surface area contributed by atoms with Gasteiger partial charge < -0.3 is 10.1 Å². The van der Waals surface area contributed by atoms with Crippen molar-refractivity contribution >= 4 is 57.2 Å². The van der Waals surface area contributed by atoms with E-state index in [1.54, 1.807) is 54.6 Å². The minimum Gasteiger partial charge on any atom is -0.422 e. The first-order valence-corrected chi connectivity index (χ1v) is 11.0. The Bertz CT molecular complexity index is 1210. The van der Waals surface area contributed by atoms with Crippen LogP contribution in [0, 0.1) is 0 Å². The highest BCUT2D eigenvalue weighted by Crippen LogP contribution is 2.24. The molecule has 0 bridgehead atoms. The molecule has 0 saturated carbocycles. The second-order valence-corrected chi connectivity index (χ2v) is 8.08. The van der Waals surface area contributed by atoms with Gasteiger partial charge >= 0.3 is 17.8 Å². The van der Waals surface area contributed by atoms with Crippen LogP contribution < -0.4 is 15.5 Å². The zero-order valence-corrected chi connectivity index (χ0v) is 19.8. The van der Waals surface area contributed by atoms with Gasteiger partial charge in [-0.15, -0.1) is 0 Å². The Labute approximate surface area is 203 Å². The lowest BCUT2D eigenvalue weighted by Crippen LogP contribution is -2.32. The van der Waals surface area contributed by atoms with E-state index >= 15 is 0 Å². The van der Waals surface area contributed by atoms with Crippen LogP contribution in [0.25, 0.3) is 0 Å². The van der Waals surface area contributed by atoms with E-state index in [-0.39, 0.29) is 16.3 Å². The number of ether oxygens (including phenoxy) is 1. The number of hydrogen-bond donors (Lipinski definition) is 2. The Kier molecular flexibility index (Phi) is 8.34. The highest BCUT2D eigenvalue weighted by Gasteiger charge is 2.15. The van der Waals surface area contributed by atoms with Crippen LogP contribution >= 0.6 is 27.5 Å². The van der Waals surface area contributed by atoms with Crippen molar-refractivity contribution in [2.75, 3.05) is 5.32 Å². The summed E-state index contributed by atoms with van der Waals surface area (Å²) in [7, 11) is 0. The Morgan fingerprint density at radius 1 is 1.03 bits per heavy atom. The molecule has 3 rings (SSSR count). The number of rotatable bonds is 6. The Balaban J connectivity index is 1.65. The number of esters is 1. The maximum atomic E-state index is 12.5. The van der Waals surface area contributed by atoms with Crippen molar-refractivity contribution in [1.29, 1.82) is 0 Å². The van der Waals surface area contributed by atoms with Crippen molar-refractivity contribution in [2.24, 2.45) is 5.10 Å². The second-order valence-electron chi connectivity index (χ2n) is 6.76. The molecule has 0 unspecified atom stereocenters. The first-order chi connectivity index (χ1) is 15.9. The summed E-state index contributed by atoms with van der Waals surface area (Å²) < 4.78 is 6.14. The number of nitrogens with one attached hydrogen (secondary N) is 2. The summed E-state index contributed by atoms with van der Waals surface area (Å²) in [6, 6.07) is 18.6. The van der Waals surface area contributed by atoms with E-state index in [1.807, 2.05) is 19.1 Å². The van der Waals surface area contributed by atoms with Crippen molar-refractivity contribution in [3.8, 4) is 5.75 Å². The summed E-state index contributed by atoms with van der Waals surface area (Å²) in [5.74, 6) is -2.26. The molecule has 2 amide bonds. The van der Waals surface area contributed by atoms with Crippen LogP contribution in [-0.2, 0) is 16.0 Å². The van der Waals surface area contributed by atoms with Crippen LogP contribution in [0.5, 0.6) is 5.75 Å². The highest BCUT2D eigenvalue weighted by molar-refractivity contribution is 9.10. The van der Waals surface area contributed by atoms with Gasteiger partial charge in [0.15, 0.2) is 0 Å². The minimum absolute atomic E-state index is 0.196. The molecule has 0 aliphatic carbocycles. The van der Waals surface area contributed by atoms with Gasteiger partial charge in [0.2, 0.25) is 0 Å². The van der Waals surface area contributed by atoms with Crippen molar-refractivity contribution in [3.05, 3.63) is 92.9 Å². The van der Waals surface area contributed by atoms with E-state index in [2.05, 4.69) is 31.8 Å². The summed E-state index contributed by atoms with van der Waals surface area (Å²) in [5, 5.41) is 6.57. The van der Waals surface area contributed by atoms with Gasteiger partial charge in [-0.05, 0) is 54.4 Å². The van der Waals surface area contributed by atoms with Crippen LogP contribution in [0.15, 0.2) is 76.3 Å². The van der Waals surface area contributed by atoms with E-state index in [0.717, 1.165) is 12.0 Å². The van der Waals surface area contributed by atoms with Gasteiger partial charge in [-0.1, -0.05) is 58.7 Å². The van der Waals surface area contributed by atoms with Crippen LogP contribution in [0.3, 0.4) is 0 Å². The largest absolute Gasteiger partial charge is 0.422 e. The second kappa shape index (κ2) is 11.4. The number of aryl methyl sites for hydroxylation is 1. The van der Waals surface area contributed by atoms with E-state index < -0.39 is 17.8 Å². The van der Waals surface area contributed by atoms with Crippen molar-refractivity contribution in [1.82, 2.24) is 5.43 Å². The summed E-state index contributed by atoms with van der Waals surface area (Å²) in [6.45, 7) is 2.02. The SMILES string of the molecule is CCc1ccc(NC(=O)C(=O)N/N=C\c2cc(Br)ccc2OC(=O)c2ccccc2Cl)cc1. The molecule has 0 aliphatic heterocycles. The topological polar surface area (TPSA) is 96.9 Å².